The van der Waals surface area contributed by atoms with Crippen LogP contribution in [0.4, 0.5) is 0 Å². The molecule has 1 fully saturated rings. The number of rotatable bonds is 4. The summed E-state index contributed by atoms with van der Waals surface area (Å²) in [6.45, 7) is 2.55. The van der Waals surface area contributed by atoms with E-state index < -0.39 is 0 Å². The number of thiophene rings is 1. The summed E-state index contributed by atoms with van der Waals surface area (Å²) in [7, 11) is 0. The lowest BCUT2D eigenvalue weighted by molar-refractivity contribution is -0.131. The molecule has 0 saturated carbocycles. The molecule has 0 aliphatic carbocycles. The van der Waals surface area contributed by atoms with Gasteiger partial charge in [0.25, 0.3) is 0 Å². The van der Waals surface area contributed by atoms with Gasteiger partial charge >= 0.3 is 0 Å². The molecule has 3 aromatic rings. The Morgan fingerprint density at radius 1 is 1.17 bits per heavy atom. The van der Waals surface area contributed by atoms with Crippen molar-refractivity contribution in [3.8, 4) is 9.88 Å². The van der Waals surface area contributed by atoms with Crippen molar-refractivity contribution in [2.24, 2.45) is 0 Å². The van der Waals surface area contributed by atoms with Crippen molar-refractivity contribution in [1.82, 2.24) is 24.6 Å². The standard InChI is InChI=1S/C21H24ClN5OS2/c22-17-8-7-16(30-17)21-23-15(13-29-21)11-19(28)26-9-4-5-14(12-26)20-25-24-18-6-2-1-3-10-27(18)20/h7-8,13-14H,1-6,9-12H2. The summed E-state index contributed by atoms with van der Waals surface area (Å²) in [6, 6.07) is 3.86. The fraction of sp³-hybridized carbons (Fsp3) is 0.524. The van der Waals surface area contributed by atoms with Crippen LogP contribution in [0.25, 0.3) is 9.88 Å². The molecule has 9 heteroatoms. The highest BCUT2D eigenvalue weighted by molar-refractivity contribution is 7.23. The molecule has 158 valence electrons. The van der Waals surface area contributed by atoms with E-state index in [2.05, 4.69) is 19.7 Å². The van der Waals surface area contributed by atoms with Crippen molar-refractivity contribution in [3.05, 3.63) is 39.2 Å². The van der Waals surface area contributed by atoms with Crippen molar-refractivity contribution < 1.29 is 4.79 Å². The third-order valence-electron chi connectivity index (χ3n) is 5.95. The topological polar surface area (TPSA) is 63.9 Å². The van der Waals surface area contributed by atoms with Crippen LogP contribution >= 0.6 is 34.3 Å². The molecule has 0 radical (unpaired) electrons. The van der Waals surface area contributed by atoms with Gasteiger partial charge in [-0.1, -0.05) is 18.0 Å². The van der Waals surface area contributed by atoms with E-state index >= 15 is 0 Å². The number of likely N-dealkylation sites (tertiary alicyclic amines) is 1. The monoisotopic (exact) mass is 461 g/mol. The Morgan fingerprint density at radius 3 is 2.97 bits per heavy atom. The van der Waals surface area contributed by atoms with E-state index in [1.807, 2.05) is 22.4 Å². The average Bonchev–Trinajstić information content (AvgIpc) is 3.45. The second-order valence-electron chi connectivity index (χ2n) is 8.04. The zero-order valence-corrected chi connectivity index (χ0v) is 19.1. The zero-order valence-electron chi connectivity index (χ0n) is 16.7. The number of fused-ring (bicyclic) bond motifs is 1. The summed E-state index contributed by atoms with van der Waals surface area (Å²) in [5, 5.41) is 11.9. The largest absolute Gasteiger partial charge is 0.342 e. The molecule has 6 nitrogen and oxygen atoms in total. The first-order valence-corrected chi connectivity index (χ1v) is 12.6. The third kappa shape index (κ3) is 4.18. The van der Waals surface area contributed by atoms with E-state index in [0.717, 1.165) is 70.5 Å². The Balaban J connectivity index is 1.26. The number of aryl methyl sites for hydroxylation is 1. The van der Waals surface area contributed by atoms with Crippen LogP contribution in [0, 0.1) is 0 Å². The SMILES string of the molecule is O=C(Cc1csc(-c2ccc(Cl)s2)n1)N1CCCC(c2nnc3n2CCCCC3)C1. The summed E-state index contributed by atoms with van der Waals surface area (Å²) >= 11 is 9.12. The van der Waals surface area contributed by atoms with Crippen LogP contribution < -0.4 is 0 Å². The lowest BCUT2D eigenvalue weighted by Gasteiger charge is -2.32. The van der Waals surface area contributed by atoms with Crippen LogP contribution in [-0.2, 0) is 24.2 Å². The Bertz CT molecular complexity index is 1040. The molecule has 0 spiro atoms. The molecule has 2 aliphatic rings. The molecule has 5 rings (SSSR count). The van der Waals surface area contributed by atoms with Gasteiger partial charge in [0.2, 0.25) is 5.91 Å². The second kappa shape index (κ2) is 8.77. The number of carbonyl (C=O) groups is 1. The van der Waals surface area contributed by atoms with E-state index in [4.69, 9.17) is 11.6 Å². The van der Waals surface area contributed by atoms with Crippen molar-refractivity contribution in [2.75, 3.05) is 13.1 Å². The molecule has 0 N–H and O–H groups in total. The molecular formula is C21H24ClN5OS2. The molecule has 1 atom stereocenters. The van der Waals surface area contributed by atoms with Gasteiger partial charge in [-0.15, -0.1) is 32.9 Å². The molecule has 1 unspecified atom stereocenters. The highest BCUT2D eigenvalue weighted by atomic mass is 35.5. The number of nitrogens with zero attached hydrogens (tertiary/aromatic N) is 5. The van der Waals surface area contributed by atoms with Gasteiger partial charge in [0, 0.05) is 37.4 Å². The maximum absolute atomic E-state index is 13.0. The number of halogens is 1. The predicted molar refractivity (Wildman–Crippen MR) is 120 cm³/mol. The Hall–Kier alpha value is -1.77. The molecule has 0 bridgehead atoms. The van der Waals surface area contributed by atoms with E-state index in [1.165, 1.54) is 30.6 Å². The minimum atomic E-state index is 0.149. The van der Waals surface area contributed by atoms with E-state index in [9.17, 15) is 4.79 Å². The van der Waals surface area contributed by atoms with E-state index in [1.54, 1.807) is 11.3 Å². The van der Waals surface area contributed by atoms with Crippen LogP contribution in [0.15, 0.2) is 17.5 Å². The minimum absolute atomic E-state index is 0.149. The van der Waals surface area contributed by atoms with Crippen molar-refractivity contribution in [3.63, 3.8) is 0 Å². The fourth-order valence-electron chi connectivity index (χ4n) is 4.42. The fourth-order valence-corrected chi connectivity index (χ4v) is 6.36. The summed E-state index contributed by atoms with van der Waals surface area (Å²) in [4.78, 5) is 20.7. The first-order valence-electron chi connectivity index (χ1n) is 10.6. The molecule has 3 aromatic heterocycles. The van der Waals surface area contributed by atoms with Crippen LogP contribution in [0.3, 0.4) is 0 Å². The molecule has 1 amide bonds. The van der Waals surface area contributed by atoms with Gasteiger partial charge in [0.05, 0.1) is 21.3 Å². The van der Waals surface area contributed by atoms with Gasteiger partial charge in [0.1, 0.15) is 16.7 Å². The minimum Gasteiger partial charge on any atom is -0.342 e. The first-order chi connectivity index (χ1) is 14.7. The summed E-state index contributed by atoms with van der Waals surface area (Å²) in [5.41, 5.74) is 0.836. The molecule has 2 aliphatic heterocycles. The van der Waals surface area contributed by atoms with Gasteiger partial charge in [-0.25, -0.2) is 4.98 Å². The predicted octanol–water partition coefficient (Wildman–Crippen LogP) is 4.79. The summed E-state index contributed by atoms with van der Waals surface area (Å²) < 4.78 is 3.08. The normalized spacial score (nSPS) is 19.5. The van der Waals surface area contributed by atoms with Crippen molar-refractivity contribution >= 4 is 40.2 Å². The molecule has 30 heavy (non-hydrogen) atoms. The van der Waals surface area contributed by atoms with Crippen LogP contribution in [0.5, 0.6) is 0 Å². The maximum Gasteiger partial charge on any atom is 0.228 e. The second-order valence-corrected chi connectivity index (χ2v) is 10.6. The Labute approximate surface area is 188 Å². The van der Waals surface area contributed by atoms with Gasteiger partial charge in [-0.3, -0.25) is 4.79 Å². The lowest BCUT2D eigenvalue weighted by atomic mass is 9.96. The summed E-state index contributed by atoms with van der Waals surface area (Å²) in [5.74, 6) is 2.63. The number of thiazole rings is 1. The van der Waals surface area contributed by atoms with Crippen LogP contribution in [0.2, 0.25) is 4.34 Å². The molecular weight excluding hydrogens is 438 g/mol. The van der Waals surface area contributed by atoms with Crippen LogP contribution in [-0.4, -0.2) is 43.6 Å². The van der Waals surface area contributed by atoms with Gasteiger partial charge < -0.3 is 9.47 Å². The molecule has 1 saturated heterocycles. The number of aromatic nitrogens is 4. The number of piperidine rings is 1. The first kappa shape index (κ1) is 20.2. The average molecular weight is 462 g/mol. The smallest absolute Gasteiger partial charge is 0.228 e. The lowest BCUT2D eigenvalue weighted by Crippen LogP contribution is -2.40. The Kier molecular flexibility index (Phi) is 5.89. The zero-order chi connectivity index (χ0) is 20.5. The molecule has 0 aromatic carbocycles. The van der Waals surface area contributed by atoms with Crippen molar-refractivity contribution in [1.29, 1.82) is 0 Å². The van der Waals surface area contributed by atoms with E-state index in [0.29, 0.717) is 6.42 Å². The third-order valence-corrected chi connectivity index (χ3v) is 8.24. The van der Waals surface area contributed by atoms with Gasteiger partial charge in [-0.2, -0.15) is 0 Å². The molecule has 5 heterocycles. The summed E-state index contributed by atoms with van der Waals surface area (Å²) in [6.07, 6.45) is 7.09. The number of carbonyl (C=O) groups excluding carboxylic acids is 1. The van der Waals surface area contributed by atoms with Gasteiger partial charge in [0.15, 0.2) is 0 Å². The number of hydrogen-bond acceptors (Lipinski definition) is 6. The maximum atomic E-state index is 13.0. The highest BCUT2D eigenvalue weighted by Crippen LogP contribution is 2.33. The van der Waals surface area contributed by atoms with E-state index in [-0.39, 0.29) is 11.8 Å². The van der Waals surface area contributed by atoms with Crippen LogP contribution in [0.1, 0.15) is 55.4 Å². The van der Waals surface area contributed by atoms with Crippen molar-refractivity contribution in [2.45, 2.75) is 57.4 Å². The van der Waals surface area contributed by atoms with Gasteiger partial charge in [-0.05, 0) is 37.8 Å². The Morgan fingerprint density at radius 2 is 2.10 bits per heavy atom. The number of amides is 1. The number of hydrogen-bond donors (Lipinski definition) is 0. The quantitative estimate of drug-likeness (QED) is 0.560. The highest BCUT2D eigenvalue weighted by Gasteiger charge is 2.29.